The van der Waals surface area contributed by atoms with Gasteiger partial charge in [-0.05, 0) is 55.5 Å². The van der Waals surface area contributed by atoms with Gasteiger partial charge in [0.25, 0.3) is 0 Å². The van der Waals surface area contributed by atoms with Crippen molar-refractivity contribution in [3.05, 3.63) is 59.8 Å². The average Bonchev–Trinajstić information content (AvgIpc) is 2.61. The maximum absolute atomic E-state index is 11.5. The number of aryl methyl sites for hydroxylation is 1. The van der Waals surface area contributed by atoms with Gasteiger partial charge in [0.15, 0.2) is 0 Å². The molecule has 3 aromatic rings. The quantitative estimate of drug-likeness (QED) is 0.708. The van der Waals surface area contributed by atoms with Gasteiger partial charge >= 0.3 is 5.97 Å². The summed E-state index contributed by atoms with van der Waals surface area (Å²) in [5.74, 6) is 0.425. The van der Waals surface area contributed by atoms with Crippen LogP contribution in [0.5, 0.6) is 5.75 Å². The fourth-order valence-corrected chi connectivity index (χ4v) is 2.53. The third kappa shape index (κ3) is 4.00. The van der Waals surface area contributed by atoms with Crippen LogP contribution in [0.2, 0.25) is 0 Å². The molecule has 0 aliphatic carbocycles. The minimum absolute atomic E-state index is 0. The van der Waals surface area contributed by atoms with Gasteiger partial charge in [-0.25, -0.2) is 4.79 Å². The number of ether oxygens (including phenoxy) is 2. The lowest BCUT2D eigenvalue weighted by atomic mass is 10.1. The molecule has 6 heteroatoms. The van der Waals surface area contributed by atoms with Crippen molar-refractivity contribution < 1.29 is 26.7 Å². The molecule has 0 aliphatic heterocycles. The Morgan fingerprint density at radius 2 is 1.76 bits per heavy atom. The molecule has 0 saturated carbocycles. The maximum atomic E-state index is 11.5. The number of carbonyl (C=O) groups is 1. The van der Waals surface area contributed by atoms with Crippen molar-refractivity contribution in [3.8, 4) is 5.75 Å². The minimum atomic E-state index is -0.350. The Morgan fingerprint density at radius 1 is 1.04 bits per heavy atom. The highest BCUT2D eigenvalue weighted by Crippen LogP contribution is 2.29. The first-order chi connectivity index (χ1) is 11.6. The summed E-state index contributed by atoms with van der Waals surface area (Å²) in [5.41, 5.74) is 4.13. The Kier molecular flexibility index (Phi) is 5.83. The van der Waals surface area contributed by atoms with Crippen LogP contribution in [0.3, 0.4) is 0 Å². The Balaban J connectivity index is 0.00000225. The molecule has 5 nitrogen and oxygen atoms in total. The van der Waals surface area contributed by atoms with E-state index in [1.165, 1.54) is 7.11 Å². The predicted molar refractivity (Wildman–Crippen MR) is 94.1 cm³/mol. The smallest absolute Gasteiger partial charge is 0.337 e. The first-order valence-electron chi connectivity index (χ1n) is 7.51. The van der Waals surface area contributed by atoms with Gasteiger partial charge in [-0.1, -0.05) is 0 Å². The first kappa shape index (κ1) is 18.5. The maximum Gasteiger partial charge on any atom is 0.337 e. The lowest BCUT2D eigenvalue weighted by Gasteiger charge is -2.12. The summed E-state index contributed by atoms with van der Waals surface area (Å²) in [6.07, 6.45) is 0. The Morgan fingerprint density at radius 3 is 2.40 bits per heavy atom. The number of methoxy groups -OCH3 is 2. The monoisotopic (exact) mass is 357 g/mol. The molecule has 0 atom stereocenters. The molecule has 25 heavy (non-hydrogen) atoms. The van der Waals surface area contributed by atoms with Crippen LogP contribution in [-0.4, -0.2) is 25.2 Å². The number of hydrogen-bond acceptors (Lipinski definition) is 5. The highest BCUT2D eigenvalue weighted by atomic mass is 35.5. The third-order valence-electron chi connectivity index (χ3n) is 3.73. The van der Waals surface area contributed by atoms with Crippen molar-refractivity contribution in [3.63, 3.8) is 0 Å². The third-order valence-corrected chi connectivity index (χ3v) is 3.73. The Bertz CT molecular complexity index is 895. The molecule has 1 N–H and O–H groups in total. The van der Waals surface area contributed by atoms with Gasteiger partial charge < -0.3 is 27.2 Å². The zero-order valence-corrected chi connectivity index (χ0v) is 14.9. The molecule has 1 heterocycles. The number of esters is 1. The van der Waals surface area contributed by atoms with Crippen molar-refractivity contribution in [1.29, 1.82) is 0 Å². The normalized spacial score (nSPS) is 10.0. The molecule has 0 aliphatic rings. The number of rotatable bonds is 4. The standard InChI is InChI=1S/C19H18N2O3.ClH/c1-12-10-18(16-11-15(23-2)8-9-17(16)20-12)21-14-6-4-13(5-7-14)19(22)24-3;/h4-11H,1-3H3,(H,20,21);1H/p-1. The lowest BCUT2D eigenvalue weighted by molar-refractivity contribution is -0.0000199. The summed E-state index contributed by atoms with van der Waals surface area (Å²) in [7, 11) is 3.01. The summed E-state index contributed by atoms with van der Waals surface area (Å²) < 4.78 is 10.0. The Hall–Kier alpha value is -2.79. The van der Waals surface area contributed by atoms with E-state index in [1.807, 2.05) is 43.3 Å². The molecule has 0 spiro atoms. The van der Waals surface area contributed by atoms with Gasteiger partial charge in [-0.3, -0.25) is 4.98 Å². The fraction of sp³-hybridized carbons (Fsp3) is 0.158. The number of fused-ring (bicyclic) bond motifs is 1. The summed E-state index contributed by atoms with van der Waals surface area (Å²) in [4.78, 5) is 16.1. The van der Waals surface area contributed by atoms with Crippen LogP contribution in [-0.2, 0) is 4.74 Å². The molecule has 0 bridgehead atoms. The lowest BCUT2D eigenvalue weighted by Crippen LogP contribution is -3.00. The van der Waals surface area contributed by atoms with E-state index in [9.17, 15) is 4.79 Å². The van der Waals surface area contributed by atoms with E-state index in [4.69, 9.17) is 9.47 Å². The number of aromatic nitrogens is 1. The van der Waals surface area contributed by atoms with Gasteiger partial charge in [0.1, 0.15) is 5.75 Å². The van der Waals surface area contributed by atoms with Gasteiger partial charge in [0.2, 0.25) is 0 Å². The number of nitrogens with one attached hydrogen (secondary N) is 1. The molecular formula is C19H18ClN2O3-. The highest BCUT2D eigenvalue weighted by Gasteiger charge is 2.08. The number of hydrogen-bond donors (Lipinski definition) is 1. The van der Waals surface area contributed by atoms with Crippen LogP contribution in [0.25, 0.3) is 10.9 Å². The number of benzene rings is 2. The van der Waals surface area contributed by atoms with Crippen LogP contribution in [0.15, 0.2) is 48.5 Å². The second-order valence-corrected chi connectivity index (χ2v) is 5.39. The van der Waals surface area contributed by atoms with E-state index in [2.05, 4.69) is 10.3 Å². The Labute approximate surface area is 152 Å². The van der Waals surface area contributed by atoms with Crippen LogP contribution in [0.4, 0.5) is 11.4 Å². The number of pyridine rings is 1. The van der Waals surface area contributed by atoms with Gasteiger partial charge in [-0.15, -0.1) is 0 Å². The van der Waals surface area contributed by atoms with Crippen LogP contribution in [0.1, 0.15) is 16.1 Å². The van der Waals surface area contributed by atoms with Crippen LogP contribution >= 0.6 is 0 Å². The molecule has 0 unspecified atom stereocenters. The van der Waals surface area contributed by atoms with E-state index in [1.54, 1.807) is 19.2 Å². The van der Waals surface area contributed by atoms with Gasteiger partial charge in [0.05, 0.1) is 25.3 Å². The molecule has 0 radical (unpaired) electrons. The second-order valence-electron chi connectivity index (χ2n) is 5.39. The van der Waals surface area contributed by atoms with Crippen molar-refractivity contribution in [2.24, 2.45) is 0 Å². The van der Waals surface area contributed by atoms with Crippen molar-refractivity contribution in [1.82, 2.24) is 4.98 Å². The van der Waals surface area contributed by atoms with Gasteiger partial charge in [0, 0.05) is 22.5 Å². The molecule has 1 aromatic heterocycles. The zero-order valence-electron chi connectivity index (χ0n) is 14.2. The number of carbonyl (C=O) groups excluding carboxylic acids is 1. The number of nitrogens with zero attached hydrogens (tertiary/aromatic N) is 1. The first-order valence-corrected chi connectivity index (χ1v) is 7.51. The SMILES string of the molecule is COC(=O)c1ccc(Nc2cc(C)nc3ccc(OC)cc23)cc1.[Cl-]. The number of anilines is 2. The number of halogens is 1. The van der Waals surface area contributed by atoms with Crippen molar-refractivity contribution in [2.75, 3.05) is 19.5 Å². The van der Waals surface area contributed by atoms with Crippen LogP contribution < -0.4 is 22.5 Å². The molecule has 2 aromatic carbocycles. The minimum Gasteiger partial charge on any atom is -1.00 e. The molecule has 0 amide bonds. The summed E-state index contributed by atoms with van der Waals surface area (Å²) >= 11 is 0. The van der Waals surface area contributed by atoms with E-state index in [0.29, 0.717) is 5.56 Å². The van der Waals surface area contributed by atoms with Gasteiger partial charge in [-0.2, -0.15) is 0 Å². The topological polar surface area (TPSA) is 60.5 Å². The average molecular weight is 358 g/mol. The van der Waals surface area contributed by atoms with Crippen molar-refractivity contribution >= 4 is 28.2 Å². The molecule has 3 rings (SSSR count). The second kappa shape index (κ2) is 7.85. The fourth-order valence-electron chi connectivity index (χ4n) is 2.53. The highest BCUT2D eigenvalue weighted by molar-refractivity contribution is 5.94. The zero-order chi connectivity index (χ0) is 17.1. The summed E-state index contributed by atoms with van der Waals surface area (Å²) in [6, 6.07) is 14.9. The van der Waals surface area contributed by atoms with E-state index in [-0.39, 0.29) is 18.4 Å². The predicted octanol–water partition coefficient (Wildman–Crippen LogP) is 1.09. The largest absolute Gasteiger partial charge is 1.00 e. The molecular weight excluding hydrogens is 340 g/mol. The molecule has 0 fully saturated rings. The van der Waals surface area contributed by atoms with E-state index in [0.717, 1.165) is 33.7 Å². The van der Waals surface area contributed by atoms with E-state index >= 15 is 0 Å². The summed E-state index contributed by atoms with van der Waals surface area (Å²) in [6.45, 7) is 1.95. The van der Waals surface area contributed by atoms with Crippen LogP contribution in [0, 0.1) is 6.92 Å². The molecule has 130 valence electrons. The molecule has 0 saturated heterocycles. The summed E-state index contributed by atoms with van der Waals surface area (Å²) in [5, 5.41) is 4.34. The van der Waals surface area contributed by atoms with Crippen molar-refractivity contribution in [2.45, 2.75) is 6.92 Å². The van der Waals surface area contributed by atoms with E-state index < -0.39 is 0 Å².